The molecule has 0 aromatic heterocycles. The topological polar surface area (TPSA) is 17.1 Å². The lowest BCUT2D eigenvalue weighted by Gasteiger charge is -2.03. The maximum atomic E-state index is 13.2. The number of ketones is 1. The molecule has 0 radical (unpaired) electrons. The SMILES string of the molecule is O=C(CCc1ccc(Cl)cc1)c1ccc(Cl)c(F)c1. The molecule has 0 aliphatic heterocycles. The van der Waals surface area contributed by atoms with Crippen LogP contribution in [0.4, 0.5) is 4.39 Å². The summed E-state index contributed by atoms with van der Waals surface area (Å²) in [4.78, 5) is 11.9. The summed E-state index contributed by atoms with van der Waals surface area (Å²) >= 11 is 11.4. The van der Waals surface area contributed by atoms with Crippen LogP contribution in [0, 0.1) is 5.82 Å². The van der Waals surface area contributed by atoms with Crippen LogP contribution < -0.4 is 0 Å². The molecule has 0 amide bonds. The highest BCUT2D eigenvalue weighted by molar-refractivity contribution is 6.31. The third-order valence-electron chi connectivity index (χ3n) is 2.80. The summed E-state index contributed by atoms with van der Waals surface area (Å²) in [5, 5.41) is 0.684. The van der Waals surface area contributed by atoms with E-state index in [-0.39, 0.29) is 10.8 Å². The zero-order valence-corrected chi connectivity index (χ0v) is 11.5. The summed E-state index contributed by atoms with van der Waals surface area (Å²) < 4.78 is 13.2. The molecule has 2 rings (SSSR count). The summed E-state index contributed by atoms with van der Waals surface area (Å²) in [5.41, 5.74) is 1.36. The average molecular weight is 297 g/mol. The van der Waals surface area contributed by atoms with Crippen LogP contribution in [0.1, 0.15) is 22.3 Å². The molecular formula is C15H11Cl2FO. The molecule has 0 saturated carbocycles. The summed E-state index contributed by atoms with van der Waals surface area (Å²) in [5.74, 6) is -0.676. The first-order valence-corrected chi connectivity index (χ1v) is 6.54. The number of hydrogen-bond donors (Lipinski definition) is 0. The number of carbonyl (C=O) groups is 1. The van der Waals surface area contributed by atoms with Crippen LogP contribution in [0.5, 0.6) is 0 Å². The van der Waals surface area contributed by atoms with E-state index in [1.54, 1.807) is 12.1 Å². The predicted octanol–water partition coefficient (Wildman–Crippen LogP) is 4.95. The van der Waals surface area contributed by atoms with E-state index in [0.29, 0.717) is 23.4 Å². The highest BCUT2D eigenvalue weighted by Crippen LogP contribution is 2.17. The minimum atomic E-state index is -0.570. The fraction of sp³-hybridized carbons (Fsp3) is 0.133. The monoisotopic (exact) mass is 296 g/mol. The Morgan fingerprint density at radius 3 is 2.37 bits per heavy atom. The standard InChI is InChI=1S/C15H11Cl2FO/c16-12-5-1-10(2-6-12)3-8-15(19)11-4-7-13(17)14(18)9-11/h1-2,4-7,9H,3,8H2. The minimum Gasteiger partial charge on any atom is -0.294 e. The summed E-state index contributed by atoms with van der Waals surface area (Å²) in [6, 6.07) is 11.4. The Bertz CT molecular complexity index is 594. The van der Waals surface area contributed by atoms with E-state index in [1.165, 1.54) is 18.2 Å². The van der Waals surface area contributed by atoms with Gasteiger partial charge in [-0.2, -0.15) is 0 Å². The number of halogens is 3. The third kappa shape index (κ3) is 3.79. The van der Waals surface area contributed by atoms with Gasteiger partial charge in [0.25, 0.3) is 0 Å². The van der Waals surface area contributed by atoms with Gasteiger partial charge in [-0.1, -0.05) is 35.3 Å². The predicted molar refractivity (Wildman–Crippen MR) is 75.5 cm³/mol. The molecule has 0 aliphatic carbocycles. The maximum absolute atomic E-state index is 13.2. The van der Waals surface area contributed by atoms with Gasteiger partial charge in [-0.25, -0.2) is 4.39 Å². The molecule has 0 N–H and O–H groups in total. The van der Waals surface area contributed by atoms with Crippen LogP contribution in [0.15, 0.2) is 42.5 Å². The van der Waals surface area contributed by atoms with Crippen molar-refractivity contribution in [1.29, 1.82) is 0 Å². The first kappa shape index (κ1) is 14.0. The van der Waals surface area contributed by atoms with Crippen LogP contribution >= 0.6 is 23.2 Å². The third-order valence-corrected chi connectivity index (χ3v) is 3.35. The van der Waals surface area contributed by atoms with Crippen LogP contribution in [0.2, 0.25) is 10.0 Å². The van der Waals surface area contributed by atoms with Crippen molar-refractivity contribution >= 4 is 29.0 Å². The Balaban J connectivity index is 2.01. The number of carbonyl (C=O) groups excluding carboxylic acids is 1. The Hall–Kier alpha value is -1.38. The Morgan fingerprint density at radius 2 is 1.74 bits per heavy atom. The second kappa shape index (κ2) is 6.18. The largest absolute Gasteiger partial charge is 0.294 e. The number of Topliss-reactive ketones (excluding diaryl/α,β-unsaturated/α-hetero) is 1. The molecule has 0 bridgehead atoms. The number of hydrogen-bond acceptors (Lipinski definition) is 1. The van der Waals surface area contributed by atoms with E-state index >= 15 is 0 Å². The molecule has 98 valence electrons. The van der Waals surface area contributed by atoms with Gasteiger partial charge in [0.2, 0.25) is 0 Å². The second-order valence-corrected chi connectivity index (χ2v) is 5.02. The Morgan fingerprint density at radius 1 is 1.05 bits per heavy atom. The van der Waals surface area contributed by atoms with Crippen molar-refractivity contribution in [2.45, 2.75) is 12.8 Å². The van der Waals surface area contributed by atoms with Gasteiger partial charge in [-0.3, -0.25) is 4.79 Å². The lowest BCUT2D eigenvalue weighted by Crippen LogP contribution is -2.01. The number of aryl methyl sites for hydroxylation is 1. The van der Waals surface area contributed by atoms with Crippen molar-refractivity contribution in [2.24, 2.45) is 0 Å². The van der Waals surface area contributed by atoms with Crippen LogP contribution in [0.25, 0.3) is 0 Å². The van der Waals surface area contributed by atoms with Crippen LogP contribution in [-0.4, -0.2) is 5.78 Å². The van der Waals surface area contributed by atoms with E-state index in [9.17, 15) is 9.18 Å². The maximum Gasteiger partial charge on any atom is 0.163 e. The second-order valence-electron chi connectivity index (χ2n) is 4.18. The molecule has 2 aromatic carbocycles. The van der Waals surface area contributed by atoms with Gasteiger partial charge in [0, 0.05) is 17.0 Å². The minimum absolute atomic E-state index is 0.0225. The smallest absolute Gasteiger partial charge is 0.163 e. The highest BCUT2D eigenvalue weighted by Gasteiger charge is 2.09. The highest BCUT2D eigenvalue weighted by atomic mass is 35.5. The van der Waals surface area contributed by atoms with Gasteiger partial charge < -0.3 is 0 Å². The molecule has 1 nitrogen and oxygen atoms in total. The van der Waals surface area contributed by atoms with E-state index in [2.05, 4.69) is 0 Å². The van der Waals surface area contributed by atoms with E-state index in [1.807, 2.05) is 12.1 Å². The number of rotatable bonds is 4. The van der Waals surface area contributed by atoms with Gasteiger partial charge in [0.1, 0.15) is 5.82 Å². The molecule has 0 heterocycles. The van der Waals surface area contributed by atoms with Gasteiger partial charge in [-0.05, 0) is 42.3 Å². The zero-order valence-electron chi connectivity index (χ0n) is 10.00. The fourth-order valence-corrected chi connectivity index (χ4v) is 1.97. The van der Waals surface area contributed by atoms with Crippen molar-refractivity contribution in [3.8, 4) is 0 Å². The van der Waals surface area contributed by atoms with E-state index in [0.717, 1.165) is 5.56 Å². The van der Waals surface area contributed by atoms with E-state index < -0.39 is 5.82 Å². The van der Waals surface area contributed by atoms with Gasteiger partial charge >= 0.3 is 0 Å². The summed E-state index contributed by atoms with van der Waals surface area (Å²) in [6.45, 7) is 0. The molecule has 19 heavy (non-hydrogen) atoms. The lowest BCUT2D eigenvalue weighted by molar-refractivity contribution is 0.0982. The molecule has 2 aromatic rings. The molecular weight excluding hydrogens is 286 g/mol. The molecule has 0 atom stereocenters. The molecule has 0 aliphatic rings. The molecule has 0 saturated heterocycles. The summed E-state index contributed by atoms with van der Waals surface area (Å²) in [6.07, 6.45) is 0.920. The van der Waals surface area contributed by atoms with Crippen molar-refractivity contribution in [1.82, 2.24) is 0 Å². The Labute approximate surface area is 121 Å². The molecule has 0 unspecified atom stereocenters. The van der Waals surface area contributed by atoms with Crippen LogP contribution in [0.3, 0.4) is 0 Å². The zero-order chi connectivity index (χ0) is 13.8. The van der Waals surface area contributed by atoms with Crippen molar-refractivity contribution in [3.63, 3.8) is 0 Å². The van der Waals surface area contributed by atoms with Crippen molar-refractivity contribution in [2.75, 3.05) is 0 Å². The van der Waals surface area contributed by atoms with Gasteiger partial charge in [0.15, 0.2) is 5.78 Å². The van der Waals surface area contributed by atoms with Crippen molar-refractivity contribution < 1.29 is 9.18 Å². The summed E-state index contributed by atoms with van der Waals surface area (Å²) in [7, 11) is 0. The molecule has 0 spiro atoms. The quantitative estimate of drug-likeness (QED) is 0.730. The van der Waals surface area contributed by atoms with Gasteiger partial charge in [-0.15, -0.1) is 0 Å². The first-order valence-electron chi connectivity index (χ1n) is 5.79. The molecule has 4 heteroatoms. The normalized spacial score (nSPS) is 10.5. The lowest BCUT2D eigenvalue weighted by atomic mass is 10.0. The van der Waals surface area contributed by atoms with Crippen LogP contribution in [-0.2, 0) is 6.42 Å². The first-order chi connectivity index (χ1) is 9.06. The van der Waals surface area contributed by atoms with E-state index in [4.69, 9.17) is 23.2 Å². The van der Waals surface area contributed by atoms with Crippen molar-refractivity contribution in [3.05, 3.63) is 69.5 Å². The Kier molecular flexibility index (Phi) is 4.56. The molecule has 0 fully saturated rings. The average Bonchev–Trinajstić information content (AvgIpc) is 2.41. The number of benzene rings is 2. The van der Waals surface area contributed by atoms with Gasteiger partial charge in [0.05, 0.1) is 5.02 Å². The fourth-order valence-electron chi connectivity index (χ4n) is 1.72.